The molecule has 0 unspecified atom stereocenters. The van der Waals surface area contributed by atoms with E-state index in [1.54, 1.807) is 0 Å². The molecule has 0 bridgehead atoms. The molecule has 2 aliphatic rings. The zero-order valence-corrected chi connectivity index (χ0v) is 16.5. The molecular weight excluding hydrogens is 296 g/mol. The highest BCUT2D eigenvalue weighted by Gasteiger charge is 2.17. The van der Waals surface area contributed by atoms with E-state index < -0.39 is 0 Å². The Hall–Kier alpha value is -0.160. The Kier molecular flexibility index (Phi) is 10.3. The highest BCUT2D eigenvalue weighted by atomic mass is 15.3. The molecule has 142 valence electrons. The topological polar surface area (TPSA) is 13.0 Å². The SMILES string of the molecule is CCCN1CCCN(CCCCCCN2CCCN(CCC)C2)C1. The van der Waals surface area contributed by atoms with Gasteiger partial charge in [0, 0.05) is 26.2 Å². The molecule has 2 fully saturated rings. The third kappa shape index (κ3) is 7.81. The first kappa shape index (κ1) is 20.2. The molecule has 0 aromatic carbocycles. The van der Waals surface area contributed by atoms with Crippen molar-refractivity contribution in [3.63, 3.8) is 0 Å². The summed E-state index contributed by atoms with van der Waals surface area (Å²) in [5.41, 5.74) is 0. The fourth-order valence-electron chi connectivity index (χ4n) is 4.27. The summed E-state index contributed by atoms with van der Waals surface area (Å²) in [7, 11) is 0. The monoisotopic (exact) mass is 338 g/mol. The summed E-state index contributed by atoms with van der Waals surface area (Å²) in [6, 6.07) is 0. The fourth-order valence-corrected chi connectivity index (χ4v) is 4.27. The van der Waals surface area contributed by atoms with E-state index >= 15 is 0 Å². The zero-order chi connectivity index (χ0) is 17.0. The van der Waals surface area contributed by atoms with E-state index in [9.17, 15) is 0 Å². The van der Waals surface area contributed by atoms with Crippen molar-refractivity contribution >= 4 is 0 Å². The summed E-state index contributed by atoms with van der Waals surface area (Å²) in [6.45, 7) is 17.5. The highest BCUT2D eigenvalue weighted by molar-refractivity contribution is 4.70. The molecule has 0 radical (unpaired) electrons. The number of rotatable bonds is 11. The standard InChI is InChI=1S/C20H42N4/c1-3-11-21-15-9-17-23(19-21)13-7-5-6-8-14-24-18-10-16-22(20-24)12-4-2/h3-20H2,1-2H3. The molecule has 2 saturated heterocycles. The summed E-state index contributed by atoms with van der Waals surface area (Å²) in [5, 5.41) is 0. The predicted molar refractivity (Wildman–Crippen MR) is 104 cm³/mol. The quantitative estimate of drug-likeness (QED) is 0.536. The molecule has 0 amide bonds. The Morgan fingerprint density at radius 1 is 0.500 bits per heavy atom. The average molecular weight is 339 g/mol. The maximum absolute atomic E-state index is 2.67. The lowest BCUT2D eigenvalue weighted by atomic mass is 10.1. The molecule has 2 heterocycles. The Bertz CT molecular complexity index is 276. The summed E-state index contributed by atoms with van der Waals surface area (Å²) in [5.74, 6) is 0. The van der Waals surface area contributed by atoms with Gasteiger partial charge in [-0.15, -0.1) is 0 Å². The Morgan fingerprint density at radius 3 is 1.25 bits per heavy atom. The largest absolute Gasteiger partial charge is 0.290 e. The molecular formula is C20H42N4. The molecule has 0 saturated carbocycles. The molecule has 0 aliphatic carbocycles. The van der Waals surface area contributed by atoms with Gasteiger partial charge >= 0.3 is 0 Å². The first-order valence-electron chi connectivity index (χ1n) is 10.7. The molecule has 2 aliphatic heterocycles. The molecule has 0 aromatic heterocycles. The van der Waals surface area contributed by atoms with Crippen LogP contribution in [0.1, 0.15) is 65.2 Å². The summed E-state index contributed by atoms with van der Waals surface area (Å²) in [6.07, 6.45) is 10.9. The van der Waals surface area contributed by atoms with Crippen molar-refractivity contribution in [3.8, 4) is 0 Å². The minimum absolute atomic E-state index is 1.22. The van der Waals surface area contributed by atoms with Gasteiger partial charge in [-0.25, -0.2) is 0 Å². The molecule has 0 aromatic rings. The predicted octanol–water partition coefficient (Wildman–Crippen LogP) is 3.30. The first-order valence-corrected chi connectivity index (χ1v) is 10.7. The second-order valence-corrected chi connectivity index (χ2v) is 7.88. The fraction of sp³-hybridized carbons (Fsp3) is 1.00. The lowest BCUT2D eigenvalue weighted by Gasteiger charge is -2.35. The van der Waals surface area contributed by atoms with E-state index in [2.05, 4.69) is 33.4 Å². The second-order valence-electron chi connectivity index (χ2n) is 7.88. The van der Waals surface area contributed by atoms with Gasteiger partial charge in [-0.1, -0.05) is 26.7 Å². The van der Waals surface area contributed by atoms with Crippen LogP contribution in [0.25, 0.3) is 0 Å². The number of unbranched alkanes of at least 4 members (excludes halogenated alkanes) is 3. The van der Waals surface area contributed by atoms with Crippen LogP contribution in [0.15, 0.2) is 0 Å². The number of hydrogen-bond acceptors (Lipinski definition) is 4. The molecule has 2 rings (SSSR count). The van der Waals surface area contributed by atoms with Crippen LogP contribution in [0, 0.1) is 0 Å². The zero-order valence-electron chi connectivity index (χ0n) is 16.5. The van der Waals surface area contributed by atoms with Gasteiger partial charge in [0.2, 0.25) is 0 Å². The van der Waals surface area contributed by atoms with Crippen LogP contribution in [0.4, 0.5) is 0 Å². The Labute approximate surface area is 151 Å². The van der Waals surface area contributed by atoms with Gasteiger partial charge in [0.05, 0.1) is 13.3 Å². The van der Waals surface area contributed by atoms with Crippen LogP contribution in [0.2, 0.25) is 0 Å². The van der Waals surface area contributed by atoms with Crippen molar-refractivity contribution in [2.24, 2.45) is 0 Å². The summed E-state index contributed by atoms with van der Waals surface area (Å²) < 4.78 is 0. The van der Waals surface area contributed by atoms with Gasteiger partial charge in [0.1, 0.15) is 0 Å². The van der Waals surface area contributed by atoms with Crippen LogP contribution in [-0.2, 0) is 0 Å². The summed E-state index contributed by atoms with van der Waals surface area (Å²) >= 11 is 0. The maximum Gasteiger partial charge on any atom is 0.0506 e. The Morgan fingerprint density at radius 2 is 0.875 bits per heavy atom. The van der Waals surface area contributed by atoms with Crippen molar-refractivity contribution in [1.82, 2.24) is 19.6 Å². The van der Waals surface area contributed by atoms with E-state index in [1.807, 2.05) is 0 Å². The number of nitrogens with zero attached hydrogens (tertiary/aromatic N) is 4. The highest BCUT2D eigenvalue weighted by Crippen LogP contribution is 2.11. The summed E-state index contributed by atoms with van der Waals surface area (Å²) in [4.78, 5) is 10.6. The molecule has 0 spiro atoms. The van der Waals surface area contributed by atoms with E-state index in [4.69, 9.17) is 0 Å². The van der Waals surface area contributed by atoms with Gasteiger partial charge < -0.3 is 0 Å². The van der Waals surface area contributed by atoms with Crippen LogP contribution in [0.3, 0.4) is 0 Å². The van der Waals surface area contributed by atoms with E-state index in [0.717, 1.165) is 0 Å². The minimum atomic E-state index is 1.22. The van der Waals surface area contributed by atoms with Crippen molar-refractivity contribution in [1.29, 1.82) is 0 Å². The Balaban J connectivity index is 1.46. The first-order chi connectivity index (χ1) is 11.8. The average Bonchev–Trinajstić information content (AvgIpc) is 2.59. The van der Waals surface area contributed by atoms with Gasteiger partial charge in [-0.2, -0.15) is 0 Å². The van der Waals surface area contributed by atoms with Gasteiger partial charge in [0.15, 0.2) is 0 Å². The second kappa shape index (κ2) is 12.2. The van der Waals surface area contributed by atoms with Crippen molar-refractivity contribution in [2.45, 2.75) is 65.2 Å². The van der Waals surface area contributed by atoms with Crippen LogP contribution in [0.5, 0.6) is 0 Å². The molecule has 4 nitrogen and oxygen atoms in total. The maximum atomic E-state index is 2.67. The van der Waals surface area contributed by atoms with Crippen molar-refractivity contribution < 1.29 is 0 Å². The van der Waals surface area contributed by atoms with Gasteiger partial charge in [0.25, 0.3) is 0 Å². The third-order valence-electron chi connectivity index (χ3n) is 5.48. The third-order valence-corrected chi connectivity index (χ3v) is 5.48. The van der Waals surface area contributed by atoms with Crippen LogP contribution in [-0.4, -0.2) is 85.3 Å². The minimum Gasteiger partial charge on any atom is -0.290 e. The lowest BCUT2D eigenvalue weighted by Crippen LogP contribution is -2.45. The van der Waals surface area contributed by atoms with Gasteiger partial charge in [-0.3, -0.25) is 19.6 Å². The van der Waals surface area contributed by atoms with Gasteiger partial charge in [-0.05, 0) is 64.7 Å². The van der Waals surface area contributed by atoms with E-state index in [1.165, 1.54) is 117 Å². The molecule has 4 heteroatoms. The van der Waals surface area contributed by atoms with E-state index in [0.29, 0.717) is 0 Å². The molecule has 24 heavy (non-hydrogen) atoms. The number of hydrogen-bond donors (Lipinski definition) is 0. The van der Waals surface area contributed by atoms with Crippen molar-refractivity contribution in [2.75, 3.05) is 65.7 Å². The van der Waals surface area contributed by atoms with Crippen LogP contribution >= 0.6 is 0 Å². The molecule has 0 N–H and O–H groups in total. The van der Waals surface area contributed by atoms with E-state index in [-0.39, 0.29) is 0 Å². The van der Waals surface area contributed by atoms with Crippen molar-refractivity contribution in [3.05, 3.63) is 0 Å². The normalized spacial score (nSPS) is 22.2. The lowest BCUT2D eigenvalue weighted by molar-refractivity contribution is 0.0815. The van der Waals surface area contributed by atoms with Crippen LogP contribution < -0.4 is 0 Å². The molecule has 0 atom stereocenters. The smallest absolute Gasteiger partial charge is 0.0506 e.